The van der Waals surface area contributed by atoms with Crippen molar-refractivity contribution in [3.63, 3.8) is 0 Å². The van der Waals surface area contributed by atoms with Gasteiger partial charge in [0.2, 0.25) is 17.7 Å². The first-order valence-electron chi connectivity index (χ1n) is 10.2. The summed E-state index contributed by atoms with van der Waals surface area (Å²) in [5, 5.41) is 5.08. The summed E-state index contributed by atoms with van der Waals surface area (Å²) in [6.07, 6.45) is -1.38. The molecule has 1 aliphatic carbocycles. The summed E-state index contributed by atoms with van der Waals surface area (Å²) < 4.78 is 40.6. The zero-order chi connectivity index (χ0) is 22.1. The van der Waals surface area contributed by atoms with E-state index < -0.39 is 42.7 Å². The number of rotatable bonds is 8. The first kappa shape index (κ1) is 22.5. The zero-order valence-corrected chi connectivity index (χ0v) is 16.7. The van der Waals surface area contributed by atoms with E-state index in [9.17, 15) is 32.3 Å². The van der Waals surface area contributed by atoms with Crippen molar-refractivity contribution in [1.29, 1.82) is 0 Å². The van der Waals surface area contributed by atoms with Crippen molar-refractivity contribution in [3.05, 3.63) is 0 Å². The molecule has 30 heavy (non-hydrogen) atoms. The summed E-state index contributed by atoms with van der Waals surface area (Å²) in [7, 11) is 0. The van der Waals surface area contributed by atoms with Gasteiger partial charge in [0.25, 0.3) is 0 Å². The standard InChI is InChI=1S/C19H26F3N3O5/c1-2-15(27)25-13(9-18(25)5-3-6-18)17(29)24-12(8-11-4-7-23-16(11)28)14(26)10-30-19(20,21)22/h11-13H,2-10H2,1H3,(H,23,28)(H,24,29)/t11-,12-,13-/m0/s1. The molecule has 2 heterocycles. The highest BCUT2D eigenvalue weighted by Crippen LogP contribution is 2.51. The summed E-state index contributed by atoms with van der Waals surface area (Å²) >= 11 is 0. The Hall–Kier alpha value is -2.17. The van der Waals surface area contributed by atoms with Crippen molar-refractivity contribution < 1.29 is 37.1 Å². The molecule has 0 radical (unpaired) electrons. The van der Waals surface area contributed by atoms with Crippen LogP contribution in [0.25, 0.3) is 0 Å². The molecule has 0 aromatic carbocycles. The maximum atomic E-state index is 12.8. The van der Waals surface area contributed by atoms with Crippen LogP contribution in [0.3, 0.4) is 0 Å². The number of amides is 3. The van der Waals surface area contributed by atoms with Crippen LogP contribution >= 0.6 is 0 Å². The topological polar surface area (TPSA) is 105 Å². The fraction of sp³-hybridized carbons (Fsp3) is 0.789. The lowest BCUT2D eigenvalue weighted by atomic mass is 9.64. The van der Waals surface area contributed by atoms with E-state index in [1.807, 2.05) is 0 Å². The highest BCUT2D eigenvalue weighted by atomic mass is 19.4. The molecule has 0 unspecified atom stereocenters. The predicted octanol–water partition coefficient (Wildman–Crippen LogP) is 1.04. The summed E-state index contributed by atoms with van der Waals surface area (Å²) in [5.41, 5.74) is -0.306. The molecule has 8 nitrogen and oxygen atoms in total. The molecule has 3 atom stereocenters. The Labute approximate surface area is 171 Å². The highest BCUT2D eigenvalue weighted by molar-refractivity contribution is 5.95. The average Bonchev–Trinajstić information content (AvgIpc) is 3.01. The lowest BCUT2D eigenvalue weighted by Crippen LogP contribution is -2.74. The van der Waals surface area contributed by atoms with Crippen molar-refractivity contribution in [2.24, 2.45) is 5.92 Å². The van der Waals surface area contributed by atoms with Crippen molar-refractivity contribution in [2.45, 2.75) is 75.9 Å². The molecule has 1 spiro atoms. The van der Waals surface area contributed by atoms with Gasteiger partial charge in [0.1, 0.15) is 12.6 Å². The second kappa shape index (κ2) is 8.52. The van der Waals surface area contributed by atoms with E-state index in [0.29, 0.717) is 19.4 Å². The van der Waals surface area contributed by atoms with E-state index in [-0.39, 0.29) is 30.2 Å². The van der Waals surface area contributed by atoms with Gasteiger partial charge in [0.05, 0.1) is 6.04 Å². The minimum Gasteiger partial charge on any atom is -0.356 e. The van der Waals surface area contributed by atoms with E-state index in [1.54, 1.807) is 11.8 Å². The number of nitrogens with zero attached hydrogens (tertiary/aromatic N) is 1. The molecule has 2 aliphatic heterocycles. The van der Waals surface area contributed by atoms with Crippen LogP contribution in [0.5, 0.6) is 0 Å². The Morgan fingerprint density at radius 3 is 2.53 bits per heavy atom. The quantitative estimate of drug-likeness (QED) is 0.595. The second-order valence-corrected chi connectivity index (χ2v) is 8.19. The molecule has 0 bridgehead atoms. The Balaban J connectivity index is 1.68. The fourth-order valence-corrected chi connectivity index (χ4v) is 4.56. The van der Waals surface area contributed by atoms with Crippen molar-refractivity contribution in [3.8, 4) is 0 Å². The van der Waals surface area contributed by atoms with Crippen LogP contribution in [0.4, 0.5) is 13.2 Å². The smallest absolute Gasteiger partial charge is 0.356 e. The normalized spacial score (nSPS) is 25.9. The molecule has 168 valence electrons. The van der Waals surface area contributed by atoms with Crippen LogP contribution in [0.1, 0.15) is 51.9 Å². The number of ketones is 1. The Morgan fingerprint density at radius 2 is 2.03 bits per heavy atom. The summed E-state index contributed by atoms with van der Waals surface area (Å²) in [6, 6.07) is -2.06. The molecular weight excluding hydrogens is 407 g/mol. The second-order valence-electron chi connectivity index (χ2n) is 8.19. The van der Waals surface area contributed by atoms with Crippen LogP contribution in [0.2, 0.25) is 0 Å². The first-order valence-corrected chi connectivity index (χ1v) is 10.2. The average molecular weight is 433 g/mol. The van der Waals surface area contributed by atoms with Gasteiger partial charge in [-0.25, -0.2) is 0 Å². The monoisotopic (exact) mass is 433 g/mol. The summed E-state index contributed by atoms with van der Waals surface area (Å²) in [5.74, 6) is -2.61. The highest BCUT2D eigenvalue weighted by Gasteiger charge is 2.59. The van der Waals surface area contributed by atoms with Gasteiger partial charge in [-0.2, -0.15) is 0 Å². The van der Waals surface area contributed by atoms with Gasteiger partial charge in [-0.3, -0.25) is 23.9 Å². The molecule has 1 saturated carbocycles. The van der Waals surface area contributed by atoms with Gasteiger partial charge >= 0.3 is 6.36 Å². The zero-order valence-electron chi connectivity index (χ0n) is 16.7. The number of alkyl halides is 3. The molecule has 3 fully saturated rings. The van der Waals surface area contributed by atoms with E-state index in [4.69, 9.17) is 0 Å². The number of carbonyl (C=O) groups is 4. The van der Waals surface area contributed by atoms with E-state index in [0.717, 1.165) is 19.3 Å². The number of halogens is 3. The van der Waals surface area contributed by atoms with Gasteiger partial charge in [0.15, 0.2) is 5.78 Å². The number of nitrogens with one attached hydrogen (secondary N) is 2. The summed E-state index contributed by atoms with van der Waals surface area (Å²) in [6.45, 7) is 0.845. The number of hydrogen-bond acceptors (Lipinski definition) is 5. The van der Waals surface area contributed by atoms with Crippen LogP contribution in [-0.4, -0.2) is 65.5 Å². The predicted molar refractivity (Wildman–Crippen MR) is 96.8 cm³/mol. The van der Waals surface area contributed by atoms with E-state index in [2.05, 4.69) is 15.4 Å². The molecule has 0 aromatic heterocycles. The molecular formula is C19H26F3N3O5. The Bertz CT molecular complexity index is 723. The molecule has 3 aliphatic rings. The van der Waals surface area contributed by atoms with Crippen LogP contribution in [0.15, 0.2) is 0 Å². The maximum Gasteiger partial charge on any atom is 0.522 e. The fourth-order valence-electron chi connectivity index (χ4n) is 4.56. The minimum atomic E-state index is -4.98. The number of Topliss-reactive ketones (excluding diaryl/α,β-unsaturated/α-hetero) is 1. The number of carbonyl (C=O) groups excluding carboxylic acids is 4. The molecule has 2 N–H and O–H groups in total. The van der Waals surface area contributed by atoms with Crippen molar-refractivity contribution in [2.75, 3.05) is 13.2 Å². The molecule has 2 saturated heterocycles. The van der Waals surface area contributed by atoms with Crippen molar-refractivity contribution in [1.82, 2.24) is 15.5 Å². The van der Waals surface area contributed by atoms with Gasteiger partial charge in [-0.1, -0.05) is 6.92 Å². The minimum absolute atomic E-state index is 0.114. The molecule has 3 amide bonds. The molecule has 0 aromatic rings. The van der Waals surface area contributed by atoms with Gasteiger partial charge < -0.3 is 15.5 Å². The third kappa shape index (κ3) is 4.60. The van der Waals surface area contributed by atoms with Gasteiger partial charge in [-0.15, -0.1) is 13.2 Å². The van der Waals surface area contributed by atoms with Crippen molar-refractivity contribution >= 4 is 23.5 Å². The van der Waals surface area contributed by atoms with Crippen LogP contribution < -0.4 is 10.6 Å². The Morgan fingerprint density at radius 1 is 1.33 bits per heavy atom. The first-order chi connectivity index (χ1) is 14.1. The number of ether oxygens (including phenoxy) is 1. The molecule has 11 heteroatoms. The lowest BCUT2D eigenvalue weighted by Gasteiger charge is -2.62. The third-order valence-electron chi connectivity index (χ3n) is 6.32. The largest absolute Gasteiger partial charge is 0.522 e. The van der Waals surface area contributed by atoms with Crippen LogP contribution in [-0.2, 0) is 23.9 Å². The van der Waals surface area contributed by atoms with Gasteiger partial charge in [-0.05, 0) is 32.1 Å². The lowest BCUT2D eigenvalue weighted by molar-refractivity contribution is -0.321. The van der Waals surface area contributed by atoms with Crippen LogP contribution in [0, 0.1) is 5.92 Å². The summed E-state index contributed by atoms with van der Waals surface area (Å²) in [4.78, 5) is 51.0. The maximum absolute atomic E-state index is 12.8. The number of hydrogen-bond donors (Lipinski definition) is 2. The third-order valence-corrected chi connectivity index (χ3v) is 6.32. The number of likely N-dealkylation sites (tertiary alicyclic amines) is 1. The van der Waals surface area contributed by atoms with E-state index >= 15 is 0 Å². The Kier molecular flexibility index (Phi) is 6.40. The van der Waals surface area contributed by atoms with E-state index in [1.165, 1.54) is 0 Å². The molecule has 3 rings (SSSR count). The SMILES string of the molecule is CCC(=O)N1[C@H](C(=O)N[C@@H](C[C@@H]2CCNC2=O)C(=O)COC(F)(F)F)CC12CCC2. The van der Waals surface area contributed by atoms with Gasteiger partial charge in [0, 0.05) is 30.8 Å².